The number of ether oxygens (including phenoxy) is 2. The van der Waals surface area contributed by atoms with E-state index in [1.807, 2.05) is 0 Å². The van der Waals surface area contributed by atoms with E-state index < -0.39 is 23.7 Å². The number of halogens is 1. The number of benzene rings is 1. The van der Waals surface area contributed by atoms with Crippen molar-refractivity contribution in [3.05, 3.63) is 29.3 Å². The van der Waals surface area contributed by atoms with Gasteiger partial charge in [-0.05, 0) is 45.0 Å². The van der Waals surface area contributed by atoms with Crippen LogP contribution >= 0.6 is 11.6 Å². The summed E-state index contributed by atoms with van der Waals surface area (Å²) in [4.78, 5) is 25.3. The summed E-state index contributed by atoms with van der Waals surface area (Å²) >= 11 is 5.84. The van der Waals surface area contributed by atoms with Crippen molar-refractivity contribution in [2.75, 3.05) is 26.0 Å². The topological polar surface area (TPSA) is 67.9 Å². The number of esters is 1. The quantitative estimate of drug-likeness (QED) is 0.832. The Kier molecular flexibility index (Phi) is 6.69. The molecule has 0 aliphatic carbocycles. The molecule has 6 nitrogen and oxygen atoms in total. The molecule has 0 fully saturated rings. The molecule has 7 heteroatoms. The molecule has 1 atom stereocenters. The van der Waals surface area contributed by atoms with Crippen LogP contribution in [0.5, 0.6) is 0 Å². The van der Waals surface area contributed by atoms with Crippen molar-refractivity contribution >= 4 is 29.4 Å². The van der Waals surface area contributed by atoms with Crippen molar-refractivity contribution in [3.8, 4) is 0 Å². The van der Waals surface area contributed by atoms with Crippen LogP contribution in [0, 0.1) is 0 Å². The molecule has 0 spiro atoms. The first kappa shape index (κ1) is 19.1. The summed E-state index contributed by atoms with van der Waals surface area (Å²) in [6.45, 7) is 5.44. The van der Waals surface area contributed by atoms with Crippen LogP contribution in [0.15, 0.2) is 24.3 Å². The highest BCUT2D eigenvalue weighted by Gasteiger charge is 2.26. The first-order valence-corrected chi connectivity index (χ1v) is 7.54. The molecule has 1 aromatic rings. The second-order valence-corrected chi connectivity index (χ2v) is 6.52. The number of hydrogen-bond donors (Lipinski definition) is 1. The van der Waals surface area contributed by atoms with E-state index in [0.29, 0.717) is 10.7 Å². The fourth-order valence-electron chi connectivity index (χ4n) is 1.76. The first-order valence-electron chi connectivity index (χ1n) is 7.16. The van der Waals surface area contributed by atoms with Gasteiger partial charge in [0.15, 0.2) is 0 Å². The van der Waals surface area contributed by atoms with Crippen molar-refractivity contribution in [2.45, 2.75) is 32.4 Å². The SMILES string of the molecule is COC(=O)[C@H](CN(C)C(=O)OC(C)(C)C)Nc1ccc(Cl)cc1. The van der Waals surface area contributed by atoms with Gasteiger partial charge in [-0.2, -0.15) is 0 Å². The Balaban J connectivity index is 2.76. The van der Waals surface area contributed by atoms with Gasteiger partial charge < -0.3 is 19.7 Å². The number of carbonyl (C=O) groups excluding carboxylic acids is 2. The third kappa shape index (κ3) is 6.78. The Morgan fingerprint density at radius 1 is 1.26 bits per heavy atom. The number of rotatable bonds is 5. The lowest BCUT2D eigenvalue weighted by atomic mass is 10.2. The minimum atomic E-state index is -0.723. The number of amides is 1. The Morgan fingerprint density at radius 3 is 2.30 bits per heavy atom. The van der Waals surface area contributed by atoms with Crippen molar-refractivity contribution < 1.29 is 19.1 Å². The number of likely N-dealkylation sites (N-methyl/N-ethyl adjacent to an activating group) is 1. The van der Waals surface area contributed by atoms with Gasteiger partial charge in [-0.1, -0.05) is 11.6 Å². The Labute approximate surface area is 141 Å². The molecule has 0 radical (unpaired) electrons. The fraction of sp³-hybridized carbons (Fsp3) is 0.500. The van der Waals surface area contributed by atoms with E-state index in [4.69, 9.17) is 21.1 Å². The Bertz CT molecular complexity index is 540. The normalized spacial score (nSPS) is 12.3. The van der Waals surface area contributed by atoms with E-state index in [2.05, 4.69) is 5.32 Å². The summed E-state index contributed by atoms with van der Waals surface area (Å²) in [5.74, 6) is -0.477. The molecular formula is C16H23ClN2O4. The summed E-state index contributed by atoms with van der Waals surface area (Å²) in [5, 5.41) is 3.62. The molecule has 23 heavy (non-hydrogen) atoms. The minimum Gasteiger partial charge on any atom is -0.467 e. The lowest BCUT2D eigenvalue weighted by molar-refractivity contribution is -0.141. The zero-order chi connectivity index (χ0) is 17.6. The highest BCUT2D eigenvalue weighted by molar-refractivity contribution is 6.30. The highest BCUT2D eigenvalue weighted by Crippen LogP contribution is 2.15. The third-order valence-corrected chi connectivity index (χ3v) is 3.08. The van der Waals surface area contributed by atoms with Crippen LogP contribution in [0.2, 0.25) is 5.02 Å². The van der Waals surface area contributed by atoms with E-state index in [1.165, 1.54) is 12.0 Å². The number of carbonyl (C=O) groups is 2. The molecule has 0 heterocycles. The van der Waals surface area contributed by atoms with Crippen LogP contribution in [0.4, 0.5) is 10.5 Å². The monoisotopic (exact) mass is 342 g/mol. The zero-order valence-electron chi connectivity index (χ0n) is 14.1. The summed E-state index contributed by atoms with van der Waals surface area (Å²) in [6, 6.07) is 6.17. The smallest absolute Gasteiger partial charge is 0.410 e. The third-order valence-electron chi connectivity index (χ3n) is 2.83. The van der Waals surface area contributed by atoms with Crippen molar-refractivity contribution in [1.29, 1.82) is 0 Å². The van der Waals surface area contributed by atoms with E-state index in [9.17, 15) is 9.59 Å². The van der Waals surface area contributed by atoms with Gasteiger partial charge in [-0.25, -0.2) is 9.59 Å². The molecule has 0 aliphatic heterocycles. The average molecular weight is 343 g/mol. The van der Waals surface area contributed by atoms with E-state index in [1.54, 1.807) is 52.1 Å². The van der Waals surface area contributed by atoms with Gasteiger partial charge in [0, 0.05) is 17.8 Å². The molecule has 0 unspecified atom stereocenters. The predicted octanol–water partition coefficient (Wildman–Crippen LogP) is 3.16. The fourth-order valence-corrected chi connectivity index (χ4v) is 1.88. The lowest BCUT2D eigenvalue weighted by Crippen LogP contribution is -2.44. The van der Waals surface area contributed by atoms with Crippen LogP contribution in [0.25, 0.3) is 0 Å². The maximum Gasteiger partial charge on any atom is 0.410 e. The molecule has 128 valence electrons. The van der Waals surface area contributed by atoms with E-state index >= 15 is 0 Å². The molecule has 0 saturated heterocycles. The number of nitrogens with one attached hydrogen (secondary N) is 1. The maximum atomic E-state index is 12.0. The molecule has 0 aliphatic rings. The Hall–Kier alpha value is -1.95. The van der Waals surface area contributed by atoms with Crippen LogP contribution in [-0.2, 0) is 14.3 Å². The summed E-state index contributed by atoms with van der Waals surface area (Å²) in [5.41, 5.74) is 0.0952. The summed E-state index contributed by atoms with van der Waals surface area (Å²) in [6.07, 6.45) is -0.510. The minimum absolute atomic E-state index is 0.101. The second kappa shape index (κ2) is 8.06. The lowest BCUT2D eigenvalue weighted by Gasteiger charge is -2.27. The number of methoxy groups -OCH3 is 1. The second-order valence-electron chi connectivity index (χ2n) is 6.09. The molecule has 1 aromatic carbocycles. The first-order chi connectivity index (χ1) is 10.6. The van der Waals surface area contributed by atoms with Crippen LogP contribution < -0.4 is 5.32 Å². The summed E-state index contributed by atoms with van der Waals surface area (Å²) in [7, 11) is 2.86. The number of nitrogens with zero attached hydrogens (tertiary/aromatic N) is 1. The van der Waals surface area contributed by atoms with E-state index in [-0.39, 0.29) is 6.54 Å². The number of hydrogen-bond acceptors (Lipinski definition) is 5. The largest absolute Gasteiger partial charge is 0.467 e. The van der Waals surface area contributed by atoms with Gasteiger partial charge in [0.25, 0.3) is 0 Å². The van der Waals surface area contributed by atoms with E-state index in [0.717, 1.165) is 0 Å². The van der Waals surface area contributed by atoms with Crippen LogP contribution in [0.3, 0.4) is 0 Å². The van der Waals surface area contributed by atoms with Crippen molar-refractivity contribution in [2.24, 2.45) is 0 Å². The summed E-state index contributed by atoms with van der Waals surface area (Å²) < 4.78 is 10.1. The predicted molar refractivity (Wildman–Crippen MR) is 89.7 cm³/mol. The average Bonchev–Trinajstić information content (AvgIpc) is 2.46. The van der Waals surface area contributed by atoms with Gasteiger partial charge >= 0.3 is 12.1 Å². The van der Waals surface area contributed by atoms with Crippen molar-refractivity contribution in [3.63, 3.8) is 0 Å². The maximum absolute atomic E-state index is 12.0. The molecule has 1 amide bonds. The molecule has 1 rings (SSSR count). The van der Waals surface area contributed by atoms with Gasteiger partial charge in [0.05, 0.1) is 13.7 Å². The van der Waals surface area contributed by atoms with Gasteiger partial charge in [0.1, 0.15) is 11.6 Å². The molecule has 0 saturated carbocycles. The van der Waals surface area contributed by atoms with Gasteiger partial charge in [0.2, 0.25) is 0 Å². The van der Waals surface area contributed by atoms with Crippen LogP contribution in [-0.4, -0.2) is 49.3 Å². The molecule has 0 bridgehead atoms. The van der Waals surface area contributed by atoms with Crippen LogP contribution in [0.1, 0.15) is 20.8 Å². The molecule has 1 N–H and O–H groups in total. The zero-order valence-corrected chi connectivity index (χ0v) is 14.8. The van der Waals surface area contributed by atoms with Gasteiger partial charge in [-0.15, -0.1) is 0 Å². The van der Waals surface area contributed by atoms with Gasteiger partial charge in [-0.3, -0.25) is 0 Å². The van der Waals surface area contributed by atoms with Crippen molar-refractivity contribution in [1.82, 2.24) is 4.90 Å². The highest BCUT2D eigenvalue weighted by atomic mass is 35.5. The molecular weight excluding hydrogens is 320 g/mol. The molecule has 0 aromatic heterocycles. The number of anilines is 1. The standard InChI is InChI=1S/C16H23ClN2O4/c1-16(2,3)23-15(21)19(4)10-13(14(20)22-5)18-12-8-6-11(17)7-9-12/h6-9,13,18H,10H2,1-5H3/t13-/m0/s1. The Morgan fingerprint density at radius 2 is 1.83 bits per heavy atom.